The Hall–Kier alpha value is -2.64. The van der Waals surface area contributed by atoms with Crippen molar-refractivity contribution in [1.29, 1.82) is 0 Å². The van der Waals surface area contributed by atoms with Gasteiger partial charge in [0.2, 0.25) is 5.91 Å². The van der Waals surface area contributed by atoms with E-state index in [-0.39, 0.29) is 11.8 Å². The van der Waals surface area contributed by atoms with Crippen molar-refractivity contribution in [2.24, 2.45) is 0 Å². The summed E-state index contributed by atoms with van der Waals surface area (Å²) in [6.45, 7) is 2.49. The number of anilines is 3. The second kappa shape index (κ2) is 9.24. The van der Waals surface area contributed by atoms with E-state index in [1.54, 1.807) is 30.1 Å². The van der Waals surface area contributed by atoms with Gasteiger partial charge in [-0.05, 0) is 48.7 Å². The molecule has 2 aliphatic rings. The van der Waals surface area contributed by atoms with Crippen molar-refractivity contribution in [3.8, 4) is 0 Å². The maximum Gasteiger partial charge on any atom is 0.257 e. The minimum Gasteiger partial charge on any atom is -0.383 e. The molecule has 0 aliphatic carbocycles. The number of fused-ring (bicyclic) bond motifs is 1. The van der Waals surface area contributed by atoms with Gasteiger partial charge in [0.05, 0.1) is 5.56 Å². The van der Waals surface area contributed by atoms with Gasteiger partial charge in [-0.3, -0.25) is 14.5 Å². The standard InChI is InChI=1S/C23H26ClFN4O2/c1-28-21-13-18(5-2-15(21)3-7-22(28)30)27-23(31)19-6-4-16(24)12-20(19)26-9-11-29-10-8-17(25)14-29/h2,4-6,12-13,17,26H,3,7-11,14H2,1H3,(H,27,31). The number of hydrogen-bond acceptors (Lipinski definition) is 4. The number of halogens is 2. The molecule has 0 bridgehead atoms. The molecule has 0 radical (unpaired) electrons. The number of alkyl halides is 1. The van der Waals surface area contributed by atoms with Crippen LogP contribution < -0.4 is 15.5 Å². The zero-order valence-electron chi connectivity index (χ0n) is 17.5. The third kappa shape index (κ3) is 4.99. The van der Waals surface area contributed by atoms with Crippen LogP contribution in [0.5, 0.6) is 0 Å². The van der Waals surface area contributed by atoms with Gasteiger partial charge in [-0.25, -0.2) is 4.39 Å². The van der Waals surface area contributed by atoms with Crippen LogP contribution in [0.25, 0.3) is 0 Å². The van der Waals surface area contributed by atoms with Crippen LogP contribution in [-0.4, -0.2) is 56.1 Å². The molecule has 1 saturated heterocycles. The number of rotatable bonds is 6. The second-order valence-electron chi connectivity index (χ2n) is 8.05. The van der Waals surface area contributed by atoms with Crippen molar-refractivity contribution in [2.45, 2.75) is 25.4 Å². The summed E-state index contributed by atoms with van der Waals surface area (Å²) in [5.41, 5.74) is 3.63. The first-order valence-corrected chi connectivity index (χ1v) is 10.9. The number of likely N-dealkylation sites (tertiary alicyclic amines) is 1. The van der Waals surface area contributed by atoms with E-state index in [1.807, 2.05) is 18.2 Å². The average molecular weight is 445 g/mol. The number of carbonyl (C=O) groups excluding carboxylic acids is 2. The van der Waals surface area contributed by atoms with Gasteiger partial charge in [-0.15, -0.1) is 0 Å². The lowest BCUT2D eigenvalue weighted by Gasteiger charge is -2.26. The molecule has 2 aromatic rings. The van der Waals surface area contributed by atoms with Gasteiger partial charge >= 0.3 is 0 Å². The normalized spacial score (nSPS) is 18.7. The summed E-state index contributed by atoms with van der Waals surface area (Å²) >= 11 is 6.15. The Labute approximate surface area is 186 Å². The average Bonchev–Trinajstić information content (AvgIpc) is 3.16. The van der Waals surface area contributed by atoms with Crippen LogP contribution in [0.1, 0.15) is 28.8 Å². The molecule has 2 aliphatic heterocycles. The van der Waals surface area contributed by atoms with Crippen LogP contribution in [0.3, 0.4) is 0 Å². The molecular formula is C23H26ClFN4O2. The SMILES string of the molecule is CN1C(=O)CCc2ccc(NC(=O)c3ccc(Cl)cc3NCCN3CCC(F)C3)cc21. The highest BCUT2D eigenvalue weighted by molar-refractivity contribution is 6.31. The second-order valence-corrected chi connectivity index (χ2v) is 8.49. The fraction of sp³-hybridized carbons (Fsp3) is 0.391. The number of amides is 2. The number of carbonyl (C=O) groups is 2. The summed E-state index contributed by atoms with van der Waals surface area (Å²) in [4.78, 5) is 28.7. The molecular weight excluding hydrogens is 419 g/mol. The van der Waals surface area contributed by atoms with Gasteiger partial charge in [-0.1, -0.05) is 17.7 Å². The first-order chi connectivity index (χ1) is 14.9. The Morgan fingerprint density at radius 3 is 2.84 bits per heavy atom. The van der Waals surface area contributed by atoms with Crippen LogP contribution >= 0.6 is 11.6 Å². The Bertz CT molecular complexity index is 1000. The fourth-order valence-electron chi connectivity index (χ4n) is 4.11. The van der Waals surface area contributed by atoms with E-state index in [4.69, 9.17) is 11.6 Å². The lowest BCUT2D eigenvalue weighted by Crippen LogP contribution is -2.31. The summed E-state index contributed by atoms with van der Waals surface area (Å²) in [5, 5.41) is 6.71. The highest BCUT2D eigenvalue weighted by Gasteiger charge is 2.22. The third-order valence-electron chi connectivity index (χ3n) is 5.87. The summed E-state index contributed by atoms with van der Waals surface area (Å²) < 4.78 is 13.4. The minimum absolute atomic E-state index is 0.0669. The van der Waals surface area contributed by atoms with Crippen LogP contribution in [0.15, 0.2) is 36.4 Å². The monoisotopic (exact) mass is 444 g/mol. The van der Waals surface area contributed by atoms with E-state index in [1.165, 1.54) is 0 Å². The molecule has 1 atom stereocenters. The van der Waals surface area contributed by atoms with Crippen LogP contribution in [-0.2, 0) is 11.2 Å². The van der Waals surface area contributed by atoms with Crippen LogP contribution in [0.2, 0.25) is 5.02 Å². The molecule has 0 spiro atoms. The number of nitrogens with one attached hydrogen (secondary N) is 2. The highest BCUT2D eigenvalue weighted by atomic mass is 35.5. The molecule has 164 valence electrons. The Morgan fingerprint density at radius 1 is 1.23 bits per heavy atom. The molecule has 31 heavy (non-hydrogen) atoms. The zero-order valence-corrected chi connectivity index (χ0v) is 18.2. The maximum absolute atomic E-state index is 13.4. The Kier molecular flexibility index (Phi) is 6.43. The van der Waals surface area contributed by atoms with Gasteiger partial charge in [0.25, 0.3) is 5.91 Å². The third-order valence-corrected chi connectivity index (χ3v) is 6.11. The highest BCUT2D eigenvalue weighted by Crippen LogP contribution is 2.30. The first kappa shape index (κ1) is 21.6. The molecule has 2 aromatic carbocycles. The van der Waals surface area contributed by atoms with Gasteiger partial charge in [0, 0.05) is 61.7 Å². The van der Waals surface area contributed by atoms with Crippen molar-refractivity contribution in [1.82, 2.24) is 4.90 Å². The van der Waals surface area contributed by atoms with Crippen molar-refractivity contribution in [3.05, 3.63) is 52.5 Å². The summed E-state index contributed by atoms with van der Waals surface area (Å²) in [6.07, 6.45) is 1.03. The van der Waals surface area contributed by atoms with E-state index in [0.29, 0.717) is 60.9 Å². The van der Waals surface area contributed by atoms with Gasteiger partial charge in [-0.2, -0.15) is 0 Å². The number of nitrogens with zero attached hydrogens (tertiary/aromatic N) is 2. The molecule has 6 nitrogen and oxygen atoms in total. The van der Waals surface area contributed by atoms with E-state index < -0.39 is 6.17 Å². The van der Waals surface area contributed by atoms with Crippen molar-refractivity contribution in [2.75, 3.05) is 48.8 Å². The first-order valence-electron chi connectivity index (χ1n) is 10.5. The molecule has 0 saturated carbocycles. The zero-order chi connectivity index (χ0) is 22.0. The lowest BCUT2D eigenvalue weighted by atomic mass is 10.0. The number of aryl methyl sites for hydroxylation is 1. The largest absolute Gasteiger partial charge is 0.383 e. The fourth-order valence-corrected chi connectivity index (χ4v) is 4.28. The molecule has 1 unspecified atom stereocenters. The quantitative estimate of drug-likeness (QED) is 0.708. The van der Waals surface area contributed by atoms with Crippen molar-refractivity contribution >= 4 is 40.5 Å². The van der Waals surface area contributed by atoms with E-state index in [0.717, 1.165) is 17.8 Å². The summed E-state index contributed by atoms with van der Waals surface area (Å²) in [5.74, 6) is -0.203. The molecule has 8 heteroatoms. The van der Waals surface area contributed by atoms with Crippen molar-refractivity contribution < 1.29 is 14.0 Å². The molecule has 2 amide bonds. The predicted octanol–water partition coefficient (Wildman–Crippen LogP) is 3.96. The molecule has 2 heterocycles. The summed E-state index contributed by atoms with van der Waals surface area (Å²) in [6, 6.07) is 10.7. The number of hydrogen-bond donors (Lipinski definition) is 2. The van der Waals surface area contributed by atoms with Gasteiger partial charge in [0.15, 0.2) is 0 Å². The van der Waals surface area contributed by atoms with E-state index >= 15 is 0 Å². The lowest BCUT2D eigenvalue weighted by molar-refractivity contribution is -0.118. The summed E-state index contributed by atoms with van der Waals surface area (Å²) in [7, 11) is 1.75. The molecule has 2 N–H and O–H groups in total. The number of benzene rings is 2. The van der Waals surface area contributed by atoms with Crippen molar-refractivity contribution in [3.63, 3.8) is 0 Å². The molecule has 4 rings (SSSR count). The maximum atomic E-state index is 13.4. The van der Waals surface area contributed by atoms with Crippen LogP contribution in [0.4, 0.5) is 21.5 Å². The molecule has 1 fully saturated rings. The topological polar surface area (TPSA) is 64.7 Å². The Balaban J connectivity index is 1.45. The van der Waals surface area contributed by atoms with E-state index in [9.17, 15) is 14.0 Å². The van der Waals surface area contributed by atoms with Gasteiger partial charge in [0.1, 0.15) is 6.17 Å². The Morgan fingerprint density at radius 2 is 2.06 bits per heavy atom. The predicted molar refractivity (Wildman–Crippen MR) is 122 cm³/mol. The van der Waals surface area contributed by atoms with Gasteiger partial charge < -0.3 is 15.5 Å². The van der Waals surface area contributed by atoms with Crippen LogP contribution in [0, 0.1) is 0 Å². The van der Waals surface area contributed by atoms with E-state index in [2.05, 4.69) is 15.5 Å². The minimum atomic E-state index is -0.751. The smallest absolute Gasteiger partial charge is 0.257 e. The molecule has 0 aromatic heterocycles.